The molecular formula is C44H53F2N11O6. The fourth-order valence-electron chi connectivity index (χ4n) is 9.39. The summed E-state index contributed by atoms with van der Waals surface area (Å²) in [4.78, 5) is 64.5. The zero-order chi connectivity index (χ0) is 43.8. The van der Waals surface area contributed by atoms with Crippen LogP contribution in [0.3, 0.4) is 0 Å². The van der Waals surface area contributed by atoms with Crippen LogP contribution >= 0.6 is 0 Å². The Hall–Kier alpha value is -5.79. The molecule has 2 saturated carbocycles. The Labute approximate surface area is 362 Å². The van der Waals surface area contributed by atoms with Crippen LogP contribution in [0.1, 0.15) is 91.6 Å². The van der Waals surface area contributed by atoms with E-state index in [9.17, 15) is 28.0 Å². The number of hydrogen-bond acceptors (Lipinski definition) is 12. The average molecular weight is 870 g/mol. The predicted octanol–water partition coefficient (Wildman–Crippen LogP) is 5.14. The number of morpholine rings is 1. The number of amides is 3. The summed E-state index contributed by atoms with van der Waals surface area (Å²) in [5.74, 6) is 0.532. The normalized spacial score (nSPS) is 22.3. The monoisotopic (exact) mass is 869 g/mol. The number of imidazole rings is 1. The highest BCUT2D eigenvalue weighted by atomic mass is 19.3. The van der Waals surface area contributed by atoms with Crippen molar-refractivity contribution >= 4 is 40.3 Å². The molecule has 1 aromatic carbocycles. The zero-order valence-corrected chi connectivity index (χ0v) is 35.5. The number of halogens is 2. The van der Waals surface area contributed by atoms with E-state index >= 15 is 0 Å². The third-order valence-electron chi connectivity index (χ3n) is 12.8. The number of aromatic nitrogens is 6. The van der Waals surface area contributed by atoms with E-state index in [1.165, 1.54) is 29.9 Å². The van der Waals surface area contributed by atoms with Gasteiger partial charge in [0.05, 0.1) is 35.5 Å². The molecule has 2 aliphatic heterocycles. The molecule has 0 radical (unpaired) electrons. The number of aryl methyl sites for hydroxylation is 1. The van der Waals surface area contributed by atoms with Crippen molar-refractivity contribution in [3.05, 3.63) is 76.4 Å². The number of piperidine rings is 1. The first-order chi connectivity index (χ1) is 30.5. The first-order valence-electron chi connectivity index (χ1n) is 21.9. The van der Waals surface area contributed by atoms with Crippen molar-refractivity contribution in [2.45, 2.75) is 82.5 Å². The van der Waals surface area contributed by atoms with Crippen LogP contribution < -0.4 is 21.6 Å². The van der Waals surface area contributed by atoms with Crippen LogP contribution in [0, 0.1) is 11.8 Å². The molecular weight excluding hydrogens is 817 g/mol. The number of imide groups is 1. The first-order valence-corrected chi connectivity index (χ1v) is 21.9. The van der Waals surface area contributed by atoms with Gasteiger partial charge in [0.25, 0.3) is 12.3 Å². The van der Waals surface area contributed by atoms with Crippen LogP contribution in [-0.2, 0) is 27.9 Å². The number of nitrogens with zero attached hydrogens (tertiary/aromatic N) is 8. The number of fused-ring (bicyclic) bond motifs is 1. The largest absolute Gasteiger partial charge is 0.444 e. The molecule has 0 spiro atoms. The summed E-state index contributed by atoms with van der Waals surface area (Å²) in [5.41, 5.74) is 2.20. The van der Waals surface area contributed by atoms with E-state index in [2.05, 4.69) is 47.9 Å². The summed E-state index contributed by atoms with van der Waals surface area (Å²) in [6.07, 6.45) is 7.64. The molecule has 63 heavy (non-hydrogen) atoms. The van der Waals surface area contributed by atoms with E-state index in [1.807, 2.05) is 18.2 Å². The number of hydrogen-bond donors (Lipinski definition) is 3. The van der Waals surface area contributed by atoms with Gasteiger partial charge in [-0.25, -0.2) is 23.5 Å². The van der Waals surface area contributed by atoms with Gasteiger partial charge in [-0.15, -0.1) is 0 Å². The number of oxazole rings is 1. The molecule has 0 bridgehead atoms. The standard InChI is InChI=1S/C44H53F2N11O6/c1-53(22-31-23-55(16-17-62-31)21-29-4-3-5-34-39(29)54(2)44(61)57(34)35-12-13-37(58)51-42(35)60)20-27-8-10-30(11-9-27)56-24-32(38(52-56)40(45)46)49-41(59)33-25-63-43(50-33)28-14-15-47-36(18-28)48-19-26-6-7-26/h3-5,14-15,18,24-27,30-31,35,40H,6-13,16-17,19-23H2,1-2H3,(H,47,48)(H,49,59)(H,51,58,60)/t27-,30-,31-,35?/m0/s1. The molecule has 2 saturated heterocycles. The summed E-state index contributed by atoms with van der Waals surface area (Å²) >= 11 is 0. The third-order valence-corrected chi connectivity index (χ3v) is 12.8. The molecule has 19 heteroatoms. The number of alkyl halides is 2. The van der Waals surface area contributed by atoms with Gasteiger partial charge < -0.3 is 24.7 Å². The van der Waals surface area contributed by atoms with Crippen molar-refractivity contribution in [3.8, 4) is 11.5 Å². The molecule has 1 unspecified atom stereocenters. The highest BCUT2D eigenvalue weighted by Crippen LogP contribution is 2.36. The lowest BCUT2D eigenvalue weighted by molar-refractivity contribution is -0.135. The maximum atomic E-state index is 14.2. The van der Waals surface area contributed by atoms with E-state index in [-0.39, 0.29) is 53.9 Å². The molecule has 6 heterocycles. The molecule has 334 valence electrons. The molecule has 4 aliphatic rings. The summed E-state index contributed by atoms with van der Waals surface area (Å²) in [6, 6.07) is 8.48. The van der Waals surface area contributed by atoms with E-state index in [0.717, 1.165) is 62.9 Å². The highest BCUT2D eigenvalue weighted by molar-refractivity contribution is 6.03. The number of pyridine rings is 1. The van der Waals surface area contributed by atoms with E-state index in [4.69, 9.17) is 9.15 Å². The number of likely N-dealkylation sites (N-methyl/N-ethyl adjacent to an activating group) is 1. The maximum Gasteiger partial charge on any atom is 0.329 e. The first kappa shape index (κ1) is 42.5. The Morgan fingerprint density at radius 2 is 1.86 bits per heavy atom. The van der Waals surface area contributed by atoms with Crippen molar-refractivity contribution < 1.29 is 32.3 Å². The fourth-order valence-corrected chi connectivity index (χ4v) is 9.39. The number of para-hydroxylation sites is 1. The molecule has 17 nitrogen and oxygen atoms in total. The lowest BCUT2D eigenvalue weighted by atomic mass is 9.86. The Balaban J connectivity index is 0.766. The minimum atomic E-state index is -2.88. The Kier molecular flexibility index (Phi) is 12.2. The number of anilines is 2. The van der Waals surface area contributed by atoms with Crippen LogP contribution in [0.15, 0.2) is 58.2 Å². The highest BCUT2D eigenvalue weighted by Gasteiger charge is 2.33. The van der Waals surface area contributed by atoms with E-state index < -0.39 is 30.0 Å². The minimum Gasteiger partial charge on any atom is -0.444 e. The van der Waals surface area contributed by atoms with E-state index in [0.29, 0.717) is 48.4 Å². The van der Waals surface area contributed by atoms with Crippen LogP contribution in [0.25, 0.3) is 22.5 Å². The summed E-state index contributed by atoms with van der Waals surface area (Å²) in [6.45, 7) is 5.07. The van der Waals surface area contributed by atoms with Gasteiger partial charge in [-0.05, 0) is 87.6 Å². The maximum absolute atomic E-state index is 14.2. The van der Waals surface area contributed by atoms with Gasteiger partial charge in [0.2, 0.25) is 17.7 Å². The third kappa shape index (κ3) is 9.45. The van der Waals surface area contributed by atoms with E-state index in [1.54, 1.807) is 34.6 Å². The predicted molar refractivity (Wildman–Crippen MR) is 228 cm³/mol. The number of carbonyl (C=O) groups is 3. The molecule has 3 N–H and O–H groups in total. The van der Waals surface area contributed by atoms with Gasteiger partial charge in [-0.2, -0.15) is 5.10 Å². The van der Waals surface area contributed by atoms with Crippen LogP contribution in [-0.4, -0.2) is 109 Å². The van der Waals surface area contributed by atoms with Gasteiger partial charge in [-0.3, -0.25) is 38.4 Å². The van der Waals surface area contributed by atoms with Crippen LogP contribution in [0.2, 0.25) is 0 Å². The van der Waals surface area contributed by atoms with Gasteiger partial charge in [0, 0.05) is 70.7 Å². The molecule has 2 atom stereocenters. The smallest absolute Gasteiger partial charge is 0.329 e. The molecule has 9 rings (SSSR count). The number of benzene rings is 1. The number of nitrogens with one attached hydrogen (secondary N) is 3. The lowest BCUT2D eigenvalue weighted by Gasteiger charge is -2.36. The Morgan fingerprint density at radius 1 is 1.05 bits per heavy atom. The molecule has 2 aliphatic carbocycles. The molecule has 5 aromatic rings. The summed E-state index contributed by atoms with van der Waals surface area (Å²) in [7, 11) is 3.82. The van der Waals surface area contributed by atoms with Crippen molar-refractivity contribution in [1.82, 2.24) is 44.0 Å². The Morgan fingerprint density at radius 3 is 2.63 bits per heavy atom. The van der Waals surface area contributed by atoms with Gasteiger partial charge >= 0.3 is 5.69 Å². The SMILES string of the molecule is CN(C[C@H]1CN(Cc2cccc3c2n(C)c(=O)n3C2CCC(=O)NC2=O)CCO1)C[C@H]1CC[C@H](n2cc(NC(=O)c3coc(-c4ccnc(NCC5CC5)c4)n3)c(C(F)F)n2)CC1. The minimum absolute atomic E-state index is 0.0205. The fraction of sp³-hybridized carbons (Fsp3) is 0.523. The van der Waals surface area contributed by atoms with Crippen LogP contribution in [0.5, 0.6) is 0 Å². The van der Waals surface area contributed by atoms with Gasteiger partial charge in [0.1, 0.15) is 18.1 Å². The van der Waals surface area contributed by atoms with Gasteiger partial charge in [-0.1, -0.05) is 12.1 Å². The van der Waals surface area contributed by atoms with Crippen molar-refractivity contribution in [2.75, 3.05) is 57.0 Å². The van der Waals surface area contributed by atoms with Crippen LogP contribution in [0.4, 0.5) is 20.3 Å². The summed E-state index contributed by atoms with van der Waals surface area (Å²) < 4.78 is 44.9. The Bertz CT molecular complexity index is 2540. The number of ether oxygens (including phenoxy) is 1. The van der Waals surface area contributed by atoms with Crippen molar-refractivity contribution in [1.29, 1.82) is 0 Å². The topological polar surface area (TPSA) is 187 Å². The van der Waals surface area contributed by atoms with Gasteiger partial charge in [0.15, 0.2) is 11.4 Å². The van der Waals surface area contributed by atoms with Crippen molar-refractivity contribution in [3.63, 3.8) is 0 Å². The molecule has 4 aromatic heterocycles. The molecule has 3 amide bonds. The average Bonchev–Trinajstić information content (AvgIpc) is 3.67. The number of carbonyl (C=O) groups excluding carboxylic acids is 3. The second-order valence-corrected chi connectivity index (χ2v) is 17.5. The lowest BCUT2D eigenvalue weighted by Crippen LogP contribution is -2.47. The summed E-state index contributed by atoms with van der Waals surface area (Å²) in [5, 5.41) is 12.5. The van der Waals surface area contributed by atoms with Crippen molar-refractivity contribution in [2.24, 2.45) is 18.9 Å². The quantitative estimate of drug-likeness (QED) is 0.118. The second kappa shape index (κ2) is 18.1. The second-order valence-electron chi connectivity index (χ2n) is 17.5. The molecule has 4 fully saturated rings. The zero-order valence-electron chi connectivity index (χ0n) is 35.5. The number of rotatable bonds is 15.